The fourth-order valence-corrected chi connectivity index (χ4v) is 3.21. The van der Waals surface area contributed by atoms with E-state index in [0.717, 1.165) is 37.4 Å². The summed E-state index contributed by atoms with van der Waals surface area (Å²) in [5.74, 6) is 0.533. The first-order valence-corrected chi connectivity index (χ1v) is 6.92. The molecule has 0 unspecified atom stereocenters. The molecule has 3 heteroatoms. The second-order valence-electron chi connectivity index (χ2n) is 5.43. The van der Waals surface area contributed by atoms with Crippen molar-refractivity contribution in [2.24, 2.45) is 5.92 Å². The molecule has 1 aliphatic rings. The first kappa shape index (κ1) is 15.0. The molecule has 0 aromatic heterocycles. The highest BCUT2D eigenvalue weighted by molar-refractivity contribution is 5.86. The summed E-state index contributed by atoms with van der Waals surface area (Å²) < 4.78 is 13.8. The summed E-state index contributed by atoms with van der Waals surface area (Å²) in [6.45, 7) is 0. The van der Waals surface area contributed by atoms with Crippen molar-refractivity contribution in [3.05, 3.63) is 47.8 Å². The van der Waals surface area contributed by atoms with Crippen LogP contribution in [0, 0.1) is 11.7 Å². The smallest absolute Gasteiger partial charge is 0.131 e. The quantitative estimate of drug-likeness (QED) is 0.722. The first-order valence-electron chi connectivity index (χ1n) is 6.92. The van der Waals surface area contributed by atoms with E-state index in [1.54, 1.807) is 6.07 Å². The number of halogens is 2. The third kappa shape index (κ3) is 2.71. The maximum atomic E-state index is 13.8. The standard InChI is InChI=1S/C17H17FO.ClH/c18-17-10-9-14(15-3-1-2-4-16(15)17)13-7-5-12(11-19)6-8-13;/h1-4,9-13H,5-8H2;1H. The lowest BCUT2D eigenvalue weighted by atomic mass is 9.78. The highest BCUT2D eigenvalue weighted by Gasteiger charge is 2.23. The van der Waals surface area contributed by atoms with Crippen LogP contribution in [0.25, 0.3) is 10.8 Å². The van der Waals surface area contributed by atoms with Crippen LogP contribution in [0.2, 0.25) is 0 Å². The number of carbonyl (C=O) groups is 1. The minimum atomic E-state index is -0.152. The maximum absolute atomic E-state index is 13.8. The van der Waals surface area contributed by atoms with Crippen molar-refractivity contribution < 1.29 is 9.18 Å². The molecule has 1 nitrogen and oxygen atoms in total. The van der Waals surface area contributed by atoms with Gasteiger partial charge in [-0.15, -0.1) is 12.4 Å². The maximum Gasteiger partial charge on any atom is 0.131 e. The Morgan fingerprint density at radius 2 is 1.60 bits per heavy atom. The van der Waals surface area contributed by atoms with Crippen LogP contribution in [0.4, 0.5) is 4.39 Å². The van der Waals surface area contributed by atoms with E-state index >= 15 is 0 Å². The van der Waals surface area contributed by atoms with E-state index in [1.807, 2.05) is 30.3 Å². The molecule has 1 saturated carbocycles. The molecule has 0 N–H and O–H groups in total. The van der Waals surface area contributed by atoms with Crippen molar-refractivity contribution in [1.82, 2.24) is 0 Å². The van der Waals surface area contributed by atoms with Gasteiger partial charge in [0.1, 0.15) is 12.1 Å². The minimum Gasteiger partial charge on any atom is -0.303 e. The van der Waals surface area contributed by atoms with Gasteiger partial charge in [0.05, 0.1) is 0 Å². The molecule has 0 radical (unpaired) electrons. The predicted molar refractivity (Wildman–Crippen MR) is 81.9 cm³/mol. The SMILES string of the molecule is Cl.O=CC1CCC(c2ccc(F)c3ccccc23)CC1. The van der Waals surface area contributed by atoms with E-state index in [4.69, 9.17) is 0 Å². The molecule has 3 rings (SSSR count). The molecule has 0 heterocycles. The largest absolute Gasteiger partial charge is 0.303 e. The topological polar surface area (TPSA) is 17.1 Å². The minimum absolute atomic E-state index is 0. The lowest BCUT2D eigenvalue weighted by Gasteiger charge is -2.26. The lowest BCUT2D eigenvalue weighted by molar-refractivity contribution is -0.111. The number of aldehydes is 1. The molecule has 2 aromatic rings. The Kier molecular flexibility index (Phi) is 4.77. The van der Waals surface area contributed by atoms with Gasteiger partial charge in [0.25, 0.3) is 0 Å². The van der Waals surface area contributed by atoms with E-state index in [9.17, 15) is 9.18 Å². The number of hydrogen-bond acceptors (Lipinski definition) is 1. The van der Waals surface area contributed by atoms with Gasteiger partial charge < -0.3 is 4.79 Å². The Hall–Kier alpha value is -1.41. The van der Waals surface area contributed by atoms with Gasteiger partial charge in [-0.05, 0) is 48.6 Å². The van der Waals surface area contributed by atoms with Crippen LogP contribution in [-0.4, -0.2) is 6.29 Å². The number of carbonyl (C=O) groups excluding carboxylic acids is 1. The number of hydrogen-bond donors (Lipinski definition) is 0. The molecular formula is C17H18ClFO. The van der Waals surface area contributed by atoms with Gasteiger partial charge in [-0.25, -0.2) is 4.39 Å². The molecule has 0 aliphatic heterocycles. The van der Waals surface area contributed by atoms with Crippen LogP contribution in [-0.2, 0) is 4.79 Å². The van der Waals surface area contributed by atoms with Gasteiger partial charge in [0.2, 0.25) is 0 Å². The number of benzene rings is 2. The van der Waals surface area contributed by atoms with Crippen LogP contribution in [0.1, 0.15) is 37.2 Å². The molecule has 20 heavy (non-hydrogen) atoms. The Morgan fingerprint density at radius 1 is 0.950 bits per heavy atom. The summed E-state index contributed by atoms with van der Waals surface area (Å²) in [5.41, 5.74) is 1.24. The highest BCUT2D eigenvalue weighted by Crippen LogP contribution is 2.38. The summed E-state index contributed by atoms with van der Waals surface area (Å²) in [6.07, 6.45) is 5.05. The van der Waals surface area contributed by atoms with Crippen molar-refractivity contribution in [2.45, 2.75) is 31.6 Å². The van der Waals surface area contributed by atoms with Crippen LogP contribution in [0.15, 0.2) is 36.4 Å². The average Bonchev–Trinajstić information content (AvgIpc) is 2.48. The van der Waals surface area contributed by atoms with Crippen LogP contribution < -0.4 is 0 Å². The van der Waals surface area contributed by atoms with E-state index in [-0.39, 0.29) is 24.1 Å². The lowest BCUT2D eigenvalue weighted by Crippen LogP contribution is -2.14. The monoisotopic (exact) mass is 292 g/mol. The zero-order valence-electron chi connectivity index (χ0n) is 11.2. The summed E-state index contributed by atoms with van der Waals surface area (Å²) in [4.78, 5) is 10.8. The van der Waals surface area contributed by atoms with Crippen molar-refractivity contribution in [3.63, 3.8) is 0 Å². The molecule has 1 aliphatic carbocycles. The molecule has 0 amide bonds. The zero-order chi connectivity index (χ0) is 13.2. The van der Waals surface area contributed by atoms with Crippen molar-refractivity contribution >= 4 is 29.5 Å². The summed E-state index contributed by atoms with van der Waals surface area (Å²) >= 11 is 0. The number of fused-ring (bicyclic) bond motifs is 1. The zero-order valence-corrected chi connectivity index (χ0v) is 12.0. The molecule has 0 saturated heterocycles. The van der Waals surface area contributed by atoms with Gasteiger partial charge in [0.15, 0.2) is 0 Å². The summed E-state index contributed by atoms with van der Waals surface area (Å²) in [6, 6.07) is 11.2. The van der Waals surface area contributed by atoms with E-state index in [0.29, 0.717) is 11.3 Å². The average molecular weight is 293 g/mol. The Bertz CT molecular complexity index is 603. The Morgan fingerprint density at radius 3 is 2.25 bits per heavy atom. The number of rotatable bonds is 2. The third-order valence-corrected chi connectivity index (χ3v) is 4.31. The van der Waals surface area contributed by atoms with Gasteiger partial charge >= 0.3 is 0 Å². The van der Waals surface area contributed by atoms with Crippen LogP contribution >= 0.6 is 12.4 Å². The van der Waals surface area contributed by atoms with Crippen LogP contribution in [0.5, 0.6) is 0 Å². The Labute approximate surface area is 124 Å². The van der Waals surface area contributed by atoms with Crippen molar-refractivity contribution in [3.8, 4) is 0 Å². The summed E-state index contributed by atoms with van der Waals surface area (Å²) in [5, 5.41) is 1.73. The van der Waals surface area contributed by atoms with Gasteiger partial charge in [0, 0.05) is 11.3 Å². The van der Waals surface area contributed by atoms with Gasteiger partial charge in [-0.3, -0.25) is 0 Å². The molecule has 0 atom stereocenters. The summed E-state index contributed by atoms with van der Waals surface area (Å²) in [7, 11) is 0. The first-order chi connectivity index (χ1) is 9.29. The molecule has 0 bridgehead atoms. The van der Waals surface area contributed by atoms with Crippen molar-refractivity contribution in [1.29, 1.82) is 0 Å². The van der Waals surface area contributed by atoms with Crippen molar-refractivity contribution in [2.75, 3.05) is 0 Å². The third-order valence-electron chi connectivity index (χ3n) is 4.31. The molecule has 0 spiro atoms. The molecular weight excluding hydrogens is 275 g/mol. The van der Waals surface area contributed by atoms with E-state index in [1.165, 1.54) is 5.56 Å². The molecule has 106 valence electrons. The van der Waals surface area contributed by atoms with Gasteiger partial charge in [-0.2, -0.15) is 0 Å². The highest BCUT2D eigenvalue weighted by atomic mass is 35.5. The fraction of sp³-hybridized carbons (Fsp3) is 0.353. The molecule has 1 fully saturated rings. The van der Waals surface area contributed by atoms with E-state index < -0.39 is 0 Å². The van der Waals surface area contributed by atoms with E-state index in [2.05, 4.69) is 0 Å². The normalized spacial score (nSPS) is 22.2. The fourth-order valence-electron chi connectivity index (χ4n) is 3.21. The second-order valence-corrected chi connectivity index (χ2v) is 5.43. The predicted octanol–water partition coefficient (Wildman–Crippen LogP) is 4.87. The second kappa shape index (κ2) is 6.36. The van der Waals surface area contributed by atoms with Gasteiger partial charge in [-0.1, -0.05) is 30.3 Å². The molecule has 2 aromatic carbocycles. The Balaban J connectivity index is 0.00000147. The van der Waals surface area contributed by atoms with Crippen LogP contribution in [0.3, 0.4) is 0 Å².